The van der Waals surface area contributed by atoms with Crippen LogP contribution in [0.3, 0.4) is 0 Å². The standard InChI is InChI=1S/C18H20ClNO4/c1-11-6-5-7-13(8-11)24-12(2)18(21)20-15-10-16(22-3)14(19)9-17(15)23-4/h5-10,12H,1-4H3,(H,20,21). The van der Waals surface area contributed by atoms with Gasteiger partial charge in [-0.05, 0) is 31.5 Å². The molecule has 2 rings (SSSR count). The average Bonchev–Trinajstić information content (AvgIpc) is 2.55. The molecule has 1 amide bonds. The third-order valence-electron chi connectivity index (χ3n) is 3.40. The Kier molecular flexibility index (Phi) is 5.93. The van der Waals surface area contributed by atoms with Gasteiger partial charge in [-0.3, -0.25) is 4.79 Å². The first-order valence-electron chi connectivity index (χ1n) is 7.40. The maximum Gasteiger partial charge on any atom is 0.265 e. The topological polar surface area (TPSA) is 56.8 Å². The van der Waals surface area contributed by atoms with Gasteiger partial charge >= 0.3 is 0 Å². The molecule has 0 heterocycles. The molecule has 0 fully saturated rings. The zero-order valence-corrected chi connectivity index (χ0v) is 14.8. The van der Waals surface area contributed by atoms with Gasteiger partial charge in [0.05, 0.1) is 24.9 Å². The monoisotopic (exact) mass is 349 g/mol. The van der Waals surface area contributed by atoms with Crippen LogP contribution in [-0.4, -0.2) is 26.2 Å². The molecular formula is C18H20ClNO4. The number of rotatable bonds is 6. The Morgan fingerprint density at radius 1 is 1.12 bits per heavy atom. The molecule has 2 aromatic rings. The lowest BCUT2D eigenvalue weighted by atomic mass is 10.2. The second-order valence-corrected chi connectivity index (χ2v) is 5.66. The highest BCUT2D eigenvalue weighted by Gasteiger charge is 2.18. The number of anilines is 1. The van der Waals surface area contributed by atoms with Crippen molar-refractivity contribution in [3.63, 3.8) is 0 Å². The number of ether oxygens (including phenoxy) is 3. The van der Waals surface area contributed by atoms with Crippen LogP contribution in [0.1, 0.15) is 12.5 Å². The van der Waals surface area contributed by atoms with E-state index in [4.69, 9.17) is 25.8 Å². The van der Waals surface area contributed by atoms with Gasteiger partial charge in [0.15, 0.2) is 6.10 Å². The van der Waals surface area contributed by atoms with Crippen LogP contribution in [0.4, 0.5) is 5.69 Å². The molecule has 0 aliphatic rings. The molecule has 1 unspecified atom stereocenters. The van der Waals surface area contributed by atoms with Crippen molar-refractivity contribution in [2.75, 3.05) is 19.5 Å². The van der Waals surface area contributed by atoms with E-state index in [1.54, 1.807) is 19.1 Å². The second kappa shape index (κ2) is 7.93. The highest BCUT2D eigenvalue weighted by Crippen LogP contribution is 2.36. The van der Waals surface area contributed by atoms with Crippen LogP contribution in [0.5, 0.6) is 17.2 Å². The molecule has 24 heavy (non-hydrogen) atoms. The zero-order chi connectivity index (χ0) is 17.7. The Hall–Kier alpha value is -2.40. The molecule has 0 saturated carbocycles. The molecule has 0 aliphatic carbocycles. The van der Waals surface area contributed by atoms with Crippen LogP contribution in [0.15, 0.2) is 36.4 Å². The van der Waals surface area contributed by atoms with Crippen molar-refractivity contribution >= 4 is 23.2 Å². The quantitative estimate of drug-likeness (QED) is 0.854. The number of hydrogen-bond donors (Lipinski definition) is 1. The Morgan fingerprint density at radius 3 is 2.46 bits per heavy atom. The van der Waals surface area contributed by atoms with E-state index in [9.17, 15) is 4.79 Å². The maximum absolute atomic E-state index is 12.4. The van der Waals surface area contributed by atoms with Crippen LogP contribution in [-0.2, 0) is 4.79 Å². The summed E-state index contributed by atoms with van der Waals surface area (Å²) in [7, 11) is 3.00. The fourth-order valence-electron chi connectivity index (χ4n) is 2.14. The molecule has 1 N–H and O–H groups in total. The summed E-state index contributed by atoms with van der Waals surface area (Å²) >= 11 is 6.06. The zero-order valence-electron chi connectivity index (χ0n) is 14.1. The summed E-state index contributed by atoms with van der Waals surface area (Å²) in [4.78, 5) is 12.4. The van der Waals surface area contributed by atoms with Crippen molar-refractivity contribution in [3.05, 3.63) is 47.0 Å². The molecule has 0 aliphatic heterocycles. The number of amides is 1. The van der Waals surface area contributed by atoms with Gasteiger partial charge in [0.2, 0.25) is 0 Å². The first kappa shape index (κ1) is 17.9. The van der Waals surface area contributed by atoms with Crippen molar-refractivity contribution in [1.29, 1.82) is 0 Å². The van der Waals surface area contributed by atoms with Crippen molar-refractivity contribution in [2.24, 2.45) is 0 Å². The fourth-order valence-corrected chi connectivity index (χ4v) is 2.37. The maximum atomic E-state index is 12.4. The highest BCUT2D eigenvalue weighted by atomic mass is 35.5. The highest BCUT2D eigenvalue weighted by molar-refractivity contribution is 6.32. The Morgan fingerprint density at radius 2 is 1.83 bits per heavy atom. The lowest BCUT2D eigenvalue weighted by Crippen LogP contribution is -2.30. The second-order valence-electron chi connectivity index (χ2n) is 5.25. The number of nitrogens with one attached hydrogen (secondary N) is 1. The third kappa shape index (κ3) is 4.32. The smallest absolute Gasteiger partial charge is 0.265 e. The van der Waals surface area contributed by atoms with Crippen LogP contribution in [0.25, 0.3) is 0 Å². The van der Waals surface area contributed by atoms with E-state index in [0.717, 1.165) is 5.56 Å². The Labute approximate surface area is 146 Å². The number of benzene rings is 2. The van der Waals surface area contributed by atoms with Crippen LogP contribution in [0.2, 0.25) is 5.02 Å². The molecule has 5 nitrogen and oxygen atoms in total. The van der Waals surface area contributed by atoms with Crippen molar-refractivity contribution in [3.8, 4) is 17.2 Å². The molecule has 2 aromatic carbocycles. The Balaban J connectivity index is 2.13. The lowest BCUT2D eigenvalue weighted by Gasteiger charge is -2.17. The molecular weight excluding hydrogens is 330 g/mol. The average molecular weight is 350 g/mol. The number of hydrogen-bond acceptors (Lipinski definition) is 4. The third-order valence-corrected chi connectivity index (χ3v) is 3.70. The fraction of sp³-hybridized carbons (Fsp3) is 0.278. The van der Waals surface area contributed by atoms with Gasteiger partial charge in [-0.1, -0.05) is 23.7 Å². The summed E-state index contributed by atoms with van der Waals surface area (Å²) in [5.74, 6) is 1.22. The first-order chi connectivity index (χ1) is 11.4. The minimum Gasteiger partial charge on any atom is -0.495 e. The van der Waals surface area contributed by atoms with E-state index in [1.165, 1.54) is 14.2 Å². The van der Waals surface area contributed by atoms with Gasteiger partial charge in [-0.2, -0.15) is 0 Å². The van der Waals surface area contributed by atoms with Crippen molar-refractivity contribution < 1.29 is 19.0 Å². The van der Waals surface area contributed by atoms with E-state index in [2.05, 4.69) is 5.32 Å². The van der Waals surface area contributed by atoms with Crippen LogP contribution in [0, 0.1) is 6.92 Å². The van der Waals surface area contributed by atoms with E-state index in [-0.39, 0.29) is 5.91 Å². The normalized spacial score (nSPS) is 11.5. The van der Waals surface area contributed by atoms with Gasteiger partial charge in [0, 0.05) is 12.1 Å². The summed E-state index contributed by atoms with van der Waals surface area (Å²) in [6.07, 6.45) is -0.682. The summed E-state index contributed by atoms with van der Waals surface area (Å²) in [6, 6.07) is 10.7. The molecule has 0 bridgehead atoms. The number of methoxy groups -OCH3 is 2. The van der Waals surface area contributed by atoms with E-state index < -0.39 is 6.10 Å². The van der Waals surface area contributed by atoms with E-state index in [1.807, 2.05) is 31.2 Å². The van der Waals surface area contributed by atoms with Gasteiger partial charge in [0.1, 0.15) is 17.2 Å². The first-order valence-corrected chi connectivity index (χ1v) is 7.78. The van der Waals surface area contributed by atoms with Crippen molar-refractivity contribution in [1.82, 2.24) is 0 Å². The van der Waals surface area contributed by atoms with E-state index in [0.29, 0.717) is 28.0 Å². The minimum atomic E-state index is -0.682. The van der Waals surface area contributed by atoms with Gasteiger partial charge in [0.25, 0.3) is 5.91 Å². The van der Waals surface area contributed by atoms with Crippen LogP contribution >= 0.6 is 11.6 Å². The summed E-state index contributed by atoms with van der Waals surface area (Å²) in [5.41, 5.74) is 1.52. The predicted octanol–water partition coefficient (Wildman–Crippen LogP) is 4.07. The summed E-state index contributed by atoms with van der Waals surface area (Å²) in [6.45, 7) is 3.64. The molecule has 6 heteroatoms. The Bertz CT molecular complexity index is 733. The number of carbonyl (C=O) groups excluding carboxylic acids is 1. The summed E-state index contributed by atoms with van der Waals surface area (Å²) < 4.78 is 16.1. The molecule has 0 spiro atoms. The largest absolute Gasteiger partial charge is 0.495 e. The number of aryl methyl sites for hydroxylation is 1. The number of halogens is 1. The number of carbonyl (C=O) groups is 1. The van der Waals surface area contributed by atoms with E-state index >= 15 is 0 Å². The molecule has 1 atom stereocenters. The van der Waals surface area contributed by atoms with Crippen molar-refractivity contribution in [2.45, 2.75) is 20.0 Å². The SMILES string of the molecule is COc1cc(NC(=O)C(C)Oc2cccc(C)c2)c(OC)cc1Cl. The minimum absolute atomic E-state index is 0.306. The van der Waals surface area contributed by atoms with Crippen LogP contribution < -0.4 is 19.5 Å². The molecule has 128 valence electrons. The molecule has 0 aromatic heterocycles. The molecule has 0 radical (unpaired) electrons. The molecule has 0 saturated heterocycles. The lowest BCUT2D eigenvalue weighted by molar-refractivity contribution is -0.122. The predicted molar refractivity (Wildman–Crippen MR) is 94.5 cm³/mol. The van der Waals surface area contributed by atoms with Gasteiger partial charge < -0.3 is 19.5 Å². The summed E-state index contributed by atoms with van der Waals surface area (Å²) in [5, 5.41) is 3.17. The van der Waals surface area contributed by atoms with Gasteiger partial charge in [-0.15, -0.1) is 0 Å². The van der Waals surface area contributed by atoms with Gasteiger partial charge in [-0.25, -0.2) is 0 Å².